The molecule has 7 heteroatoms. The Bertz CT molecular complexity index is 275. The van der Waals surface area contributed by atoms with Gasteiger partial charge in [0.15, 0.2) is 0 Å². The van der Waals surface area contributed by atoms with E-state index in [0.717, 1.165) is 11.5 Å². The Hall–Kier alpha value is -0.820. The molecule has 5 nitrogen and oxygen atoms in total. The van der Waals surface area contributed by atoms with Crippen molar-refractivity contribution in [1.82, 2.24) is 14.7 Å². The van der Waals surface area contributed by atoms with E-state index in [1.807, 2.05) is 6.26 Å². The SMILES string of the molecule is CNC(=O)Oc1nc(SC)ns1. The highest BCUT2D eigenvalue weighted by molar-refractivity contribution is 7.98. The quantitative estimate of drug-likeness (QED) is 0.729. The normalized spacial score (nSPS) is 9.50. The van der Waals surface area contributed by atoms with Crippen molar-refractivity contribution in [2.45, 2.75) is 5.16 Å². The summed E-state index contributed by atoms with van der Waals surface area (Å²) in [5.74, 6) is 0. The van der Waals surface area contributed by atoms with Gasteiger partial charge in [-0.05, 0) is 6.26 Å². The zero-order valence-corrected chi connectivity index (χ0v) is 8.16. The molecule has 1 aromatic heterocycles. The van der Waals surface area contributed by atoms with Crippen LogP contribution in [0.15, 0.2) is 5.16 Å². The smallest absolute Gasteiger partial charge is 0.380 e. The van der Waals surface area contributed by atoms with E-state index in [1.165, 1.54) is 18.8 Å². The lowest BCUT2D eigenvalue weighted by molar-refractivity contribution is 0.202. The summed E-state index contributed by atoms with van der Waals surface area (Å²) in [6.07, 6.45) is 1.32. The Morgan fingerprint density at radius 3 is 3.00 bits per heavy atom. The standard InChI is InChI=1S/C5H7N3O2S2/c1-6-4(9)10-5-7-3(11-2)8-12-5/h1-2H3,(H,6,9). The summed E-state index contributed by atoms with van der Waals surface area (Å²) in [5.41, 5.74) is 0. The number of nitrogens with one attached hydrogen (secondary N) is 1. The predicted molar refractivity (Wildman–Crippen MR) is 46.8 cm³/mol. The predicted octanol–water partition coefficient (Wildman–Crippen LogP) is 0.978. The second kappa shape index (κ2) is 4.27. The maximum absolute atomic E-state index is 10.7. The number of hydrogen-bond acceptors (Lipinski definition) is 6. The lowest BCUT2D eigenvalue weighted by atomic mass is 11.1. The number of thioether (sulfide) groups is 1. The van der Waals surface area contributed by atoms with Crippen molar-refractivity contribution in [2.75, 3.05) is 13.3 Å². The van der Waals surface area contributed by atoms with Crippen molar-refractivity contribution in [2.24, 2.45) is 0 Å². The zero-order chi connectivity index (χ0) is 8.97. The van der Waals surface area contributed by atoms with Gasteiger partial charge in [0.1, 0.15) is 0 Å². The second-order valence-corrected chi connectivity index (χ2v) is 3.17. The highest BCUT2D eigenvalue weighted by Gasteiger charge is 2.07. The van der Waals surface area contributed by atoms with Gasteiger partial charge >= 0.3 is 11.3 Å². The lowest BCUT2D eigenvalue weighted by Gasteiger charge is -1.95. The van der Waals surface area contributed by atoms with Gasteiger partial charge in [0.05, 0.1) is 0 Å². The topological polar surface area (TPSA) is 64.1 Å². The van der Waals surface area contributed by atoms with Crippen molar-refractivity contribution in [3.05, 3.63) is 0 Å². The summed E-state index contributed by atoms with van der Waals surface area (Å²) in [6.45, 7) is 0. The molecular formula is C5H7N3O2S2. The third-order valence-corrected chi connectivity index (χ3v) is 2.21. The van der Waals surface area contributed by atoms with E-state index in [9.17, 15) is 4.79 Å². The molecule has 0 aliphatic rings. The molecule has 0 saturated heterocycles. The van der Waals surface area contributed by atoms with E-state index < -0.39 is 6.09 Å². The Morgan fingerprint density at radius 1 is 1.75 bits per heavy atom. The third-order valence-electron chi connectivity index (χ3n) is 0.955. The number of carbonyl (C=O) groups is 1. The van der Waals surface area contributed by atoms with Gasteiger partial charge in [0.2, 0.25) is 5.16 Å². The molecule has 1 N–H and O–H groups in total. The zero-order valence-electron chi connectivity index (χ0n) is 6.53. The Balaban J connectivity index is 2.58. The number of aromatic nitrogens is 2. The first-order chi connectivity index (χ1) is 5.76. The van der Waals surface area contributed by atoms with E-state index in [-0.39, 0.29) is 5.19 Å². The van der Waals surface area contributed by atoms with Gasteiger partial charge in [-0.3, -0.25) is 0 Å². The Morgan fingerprint density at radius 2 is 2.50 bits per heavy atom. The van der Waals surface area contributed by atoms with Crippen LogP contribution in [0.4, 0.5) is 4.79 Å². The minimum absolute atomic E-state index is 0.263. The van der Waals surface area contributed by atoms with Crippen molar-refractivity contribution in [3.63, 3.8) is 0 Å². The van der Waals surface area contributed by atoms with Crippen LogP contribution >= 0.6 is 23.3 Å². The number of nitrogens with zero attached hydrogens (tertiary/aromatic N) is 2. The molecule has 1 amide bonds. The van der Waals surface area contributed by atoms with Crippen LogP contribution in [0.2, 0.25) is 0 Å². The maximum atomic E-state index is 10.7. The van der Waals surface area contributed by atoms with Gasteiger partial charge in [0.25, 0.3) is 0 Å². The van der Waals surface area contributed by atoms with Crippen LogP contribution in [0.3, 0.4) is 0 Å². The molecule has 0 radical (unpaired) electrons. The average Bonchev–Trinajstić information content (AvgIpc) is 2.52. The average molecular weight is 205 g/mol. The molecule has 0 fully saturated rings. The van der Waals surface area contributed by atoms with Gasteiger partial charge in [0, 0.05) is 18.6 Å². The largest absolute Gasteiger partial charge is 0.414 e. The summed E-state index contributed by atoms with van der Waals surface area (Å²) in [6, 6.07) is 0. The van der Waals surface area contributed by atoms with E-state index in [2.05, 4.69) is 14.7 Å². The summed E-state index contributed by atoms with van der Waals surface area (Å²) in [4.78, 5) is 14.6. The van der Waals surface area contributed by atoms with Crippen LogP contribution in [0.25, 0.3) is 0 Å². The fourth-order valence-electron chi connectivity index (χ4n) is 0.452. The maximum Gasteiger partial charge on any atom is 0.414 e. The molecule has 0 spiro atoms. The number of amides is 1. The molecule has 0 atom stereocenters. The van der Waals surface area contributed by atoms with Crippen LogP contribution in [0.1, 0.15) is 0 Å². The molecule has 1 aromatic rings. The fourth-order valence-corrected chi connectivity index (χ4v) is 1.53. The first kappa shape index (κ1) is 9.27. The lowest BCUT2D eigenvalue weighted by Crippen LogP contribution is -2.21. The summed E-state index contributed by atoms with van der Waals surface area (Å²) in [5, 5.41) is 3.18. The van der Waals surface area contributed by atoms with Crippen molar-refractivity contribution in [3.8, 4) is 5.19 Å². The van der Waals surface area contributed by atoms with Gasteiger partial charge in [-0.2, -0.15) is 9.36 Å². The molecule has 0 aliphatic heterocycles. The van der Waals surface area contributed by atoms with Crippen LogP contribution in [0, 0.1) is 0 Å². The van der Waals surface area contributed by atoms with Crippen LogP contribution < -0.4 is 10.1 Å². The molecule has 0 aliphatic carbocycles. The molecule has 66 valence electrons. The van der Waals surface area contributed by atoms with Crippen molar-refractivity contribution in [1.29, 1.82) is 0 Å². The van der Waals surface area contributed by atoms with Gasteiger partial charge in [-0.15, -0.1) is 0 Å². The summed E-state index contributed by atoms with van der Waals surface area (Å²) < 4.78 is 8.64. The number of rotatable bonds is 2. The molecule has 0 bridgehead atoms. The fraction of sp³-hybridized carbons (Fsp3) is 0.400. The van der Waals surface area contributed by atoms with Crippen LogP contribution in [-0.4, -0.2) is 28.8 Å². The van der Waals surface area contributed by atoms with Crippen molar-refractivity contribution >= 4 is 29.4 Å². The minimum atomic E-state index is -0.529. The number of hydrogen-bond donors (Lipinski definition) is 1. The monoisotopic (exact) mass is 205 g/mol. The Labute approximate surface area is 77.7 Å². The van der Waals surface area contributed by atoms with Crippen LogP contribution in [-0.2, 0) is 0 Å². The molecule has 0 unspecified atom stereocenters. The molecule has 1 heterocycles. The third kappa shape index (κ3) is 2.35. The van der Waals surface area contributed by atoms with E-state index in [4.69, 9.17) is 4.74 Å². The van der Waals surface area contributed by atoms with Crippen molar-refractivity contribution < 1.29 is 9.53 Å². The summed E-state index contributed by atoms with van der Waals surface area (Å²) in [7, 11) is 1.48. The molecule has 12 heavy (non-hydrogen) atoms. The molecule has 0 aromatic carbocycles. The van der Waals surface area contributed by atoms with E-state index >= 15 is 0 Å². The molecular weight excluding hydrogens is 198 g/mol. The van der Waals surface area contributed by atoms with E-state index in [0.29, 0.717) is 5.16 Å². The van der Waals surface area contributed by atoms with E-state index in [1.54, 1.807) is 0 Å². The molecule has 1 rings (SSSR count). The van der Waals surface area contributed by atoms with Crippen LogP contribution in [0.5, 0.6) is 5.19 Å². The number of carbonyl (C=O) groups excluding carboxylic acids is 1. The summed E-state index contributed by atoms with van der Waals surface area (Å²) >= 11 is 2.45. The van der Waals surface area contributed by atoms with Gasteiger partial charge in [-0.1, -0.05) is 11.8 Å². The second-order valence-electron chi connectivity index (χ2n) is 1.69. The van der Waals surface area contributed by atoms with Gasteiger partial charge in [-0.25, -0.2) is 4.79 Å². The first-order valence-corrected chi connectivity index (χ1v) is 5.03. The highest BCUT2D eigenvalue weighted by atomic mass is 32.2. The van der Waals surface area contributed by atoms with Gasteiger partial charge < -0.3 is 10.1 Å². The molecule has 0 saturated carbocycles. The number of ether oxygens (including phenoxy) is 1. The Kier molecular flexibility index (Phi) is 3.30. The first-order valence-electron chi connectivity index (χ1n) is 3.03. The minimum Gasteiger partial charge on any atom is -0.380 e. The highest BCUT2D eigenvalue weighted by Crippen LogP contribution is 2.19.